The van der Waals surface area contributed by atoms with Gasteiger partial charge in [-0.1, -0.05) is 75.4 Å². The number of carbonyl (C=O) groups excluding carboxylic acids is 2. The van der Waals surface area contributed by atoms with Crippen LogP contribution in [-0.2, 0) is 9.53 Å². The van der Waals surface area contributed by atoms with Gasteiger partial charge in [-0.2, -0.15) is 0 Å². The van der Waals surface area contributed by atoms with Crippen LogP contribution in [-0.4, -0.2) is 18.4 Å². The Balaban J connectivity index is 0.00000341. The van der Waals surface area contributed by atoms with E-state index in [4.69, 9.17) is 4.74 Å². The van der Waals surface area contributed by atoms with E-state index >= 15 is 0 Å². The molecule has 0 unspecified atom stereocenters. The Bertz CT molecular complexity index is 1100. The molecule has 0 spiro atoms. The van der Waals surface area contributed by atoms with E-state index in [9.17, 15) is 14.7 Å². The standard InChI is InChI=1S/C26H28O4.K/c1-25(2,3)24(29)26(4,5)16-30-23(28)19-13-18(14-20(27)15-19)22-12-8-10-17-9-6-7-11-21(17)22;/h6-15,27H,16H2,1-5H3;/q;+1/p-1. The Morgan fingerprint density at radius 3 is 2.23 bits per heavy atom. The fourth-order valence-corrected chi connectivity index (χ4v) is 3.76. The number of benzene rings is 3. The van der Waals surface area contributed by atoms with Crippen LogP contribution in [0.25, 0.3) is 21.9 Å². The SMILES string of the molecule is CC(C)(C)C(=O)C(C)(C)COC(=O)c1cc([O-])cc(-c2cccc3ccccc23)c1.[K+]. The predicted octanol–water partition coefficient (Wildman–Crippen LogP) is 2.38. The van der Waals surface area contributed by atoms with Gasteiger partial charge in [-0.3, -0.25) is 4.79 Å². The maximum atomic E-state index is 12.7. The number of ether oxygens (including phenoxy) is 1. The molecule has 31 heavy (non-hydrogen) atoms. The van der Waals surface area contributed by atoms with Crippen LogP contribution in [0, 0.1) is 10.8 Å². The fraction of sp³-hybridized carbons (Fsp3) is 0.308. The summed E-state index contributed by atoms with van der Waals surface area (Å²) in [7, 11) is 0. The summed E-state index contributed by atoms with van der Waals surface area (Å²) in [5.41, 5.74) is 0.372. The Labute approximate surface area is 226 Å². The third-order valence-electron chi connectivity index (χ3n) is 5.10. The molecule has 0 fully saturated rings. The summed E-state index contributed by atoms with van der Waals surface area (Å²) in [5.74, 6) is -0.863. The van der Waals surface area contributed by atoms with E-state index in [0.29, 0.717) is 5.56 Å². The molecule has 0 aliphatic heterocycles. The molecule has 0 aliphatic rings. The van der Waals surface area contributed by atoms with Crippen LogP contribution < -0.4 is 56.5 Å². The Morgan fingerprint density at radius 2 is 1.55 bits per heavy atom. The number of carbonyl (C=O) groups is 2. The summed E-state index contributed by atoms with van der Waals surface area (Å²) in [6.07, 6.45) is 0. The van der Waals surface area contributed by atoms with Gasteiger partial charge in [0.2, 0.25) is 0 Å². The van der Waals surface area contributed by atoms with Gasteiger partial charge >= 0.3 is 57.4 Å². The first-order valence-electron chi connectivity index (χ1n) is 10.0. The summed E-state index contributed by atoms with van der Waals surface area (Å²) in [5, 5.41) is 14.4. The summed E-state index contributed by atoms with van der Waals surface area (Å²) in [4.78, 5) is 25.3. The second-order valence-electron chi connectivity index (χ2n) is 9.31. The minimum atomic E-state index is -0.818. The molecule has 0 bridgehead atoms. The Morgan fingerprint density at radius 1 is 0.903 bits per heavy atom. The molecule has 0 amide bonds. The van der Waals surface area contributed by atoms with E-state index in [1.165, 1.54) is 12.1 Å². The van der Waals surface area contributed by atoms with Gasteiger partial charge in [-0.05, 0) is 41.8 Å². The molecule has 0 saturated heterocycles. The van der Waals surface area contributed by atoms with Crippen molar-refractivity contribution in [3.05, 3.63) is 66.2 Å². The third kappa shape index (κ3) is 6.05. The van der Waals surface area contributed by atoms with Crippen molar-refractivity contribution in [2.24, 2.45) is 10.8 Å². The minimum absolute atomic E-state index is 0. The Hall–Kier alpha value is -1.50. The summed E-state index contributed by atoms with van der Waals surface area (Å²) < 4.78 is 5.44. The molecule has 0 aromatic heterocycles. The topological polar surface area (TPSA) is 66.4 Å². The molecule has 3 rings (SSSR count). The molecule has 0 atom stereocenters. The average molecular weight is 443 g/mol. The number of Topliss-reactive ketones (excluding diaryl/α,β-unsaturated/α-hetero) is 1. The zero-order valence-electron chi connectivity index (χ0n) is 19.1. The van der Waals surface area contributed by atoms with Crippen molar-refractivity contribution < 1.29 is 70.8 Å². The quantitative estimate of drug-likeness (QED) is 0.450. The van der Waals surface area contributed by atoms with E-state index < -0.39 is 16.8 Å². The molecule has 156 valence electrons. The van der Waals surface area contributed by atoms with Crippen molar-refractivity contribution in [3.8, 4) is 16.9 Å². The molecule has 3 aromatic rings. The van der Waals surface area contributed by atoms with E-state index in [-0.39, 0.29) is 75.1 Å². The zero-order valence-corrected chi connectivity index (χ0v) is 22.2. The third-order valence-corrected chi connectivity index (χ3v) is 5.10. The smallest absolute Gasteiger partial charge is 0.872 e. The molecule has 4 nitrogen and oxygen atoms in total. The van der Waals surface area contributed by atoms with E-state index in [0.717, 1.165) is 16.3 Å². The van der Waals surface area contributed by atoms with Gasteiger partial charge < -0.3 is 9.84 Å². The number of rotatable bonds is 5. The first-order chi connectivity index (χ1) is 14.0. The molecule has 0 radical (unpaired) electrons. The monoisotopic (exact) mass is 442 g/mol. The molecule has 0 aliphatic carbocycles. The van der Waals surface area contributed by atoms with Crippen LogP contribution >= 0.6 is 0 Å². The van der Waals surface area contributed by atoms with E-state index in [1.54, 1.807) is 19.9 Å². The van der Waals surface area contributed by atoms with Gasteiger partial charge in [-0.25, -0.2) is 4.79 Å². The zero-order chi connectivity index (χ0) is 22.1. The van der Waals surface area contributed by atoms with E-state index in [2.05, 4.69) is 0 Å². The number of fused-ring (bicyclic) bond motifs is 1. The normalized spacial score (nSPS) is 11.6. The second-order valence-corrected chi connectivity index (χ2v) is 9.31. The molecule has 3 aromatic carbocycles. The molecule has 0 saturated carbocycles. The van der Waals surface area contributed by atoms with Gasteiger partial charge in [0.05, 0.1) is 11.0 Å². The van der Waals surface area contributed by atoms with Crippen molar-refractivity contribution in [2.45, 2.75) is 34.6 Å². The molecule has 0 N–H and O–H groups in total. The summed E-state index contributed by atoms with van der Waals surface area (Å²) in [6, 6.07) is 18.2. The van der Waals surface area contributed by atoms with Crippen LogP contribution in [0.1, 0.15) is 45.0 Å². The van der Waals surface area contributed by atoms with Gasteiger partial charge in [-0.15, -0.1) is 5.75 Å². The largest absolute Gasteiger partial charge is 1.00 e. The summed E-state index contributed by atoms with van der Waals surface area (Å²) in [6.45, 7) is 9.01. The first kappa shape index (κ1) is 25.8. The van der Waals surface area contributed by atoms with Gasteiger partial charge in [0, 0.05) is 5.41 Å². The summed E-state index contributed by atoms with van der Waals surface area (Å²) >= 11 is 0. The second kappa shape index (κ2) is 9.97. The van der Waals surface area contributed by atoms with Crippen molar-refractivity contribution in [1.82, 2.24) is 0 Å². The van der Waals surface area contributed by atoms with Crippen LogP contribution in [0.15, 0.2) is 60.7 Å². The number of hydrogen-bond donors (Lipinski definition) is 0. The molecular weight excluding hydrogens is 415 g/mol. The number of ketones is 1. The minimum Gasteiger partial charge on any atom is -0.872 e. The van der Waals surface area contributed by atoms with Crippen LogP contribution in [0.5, 0.6) is 5.75 Å². The van der Waals surface area contributed by atoms with Gasteiger partial charge in [0.1, 0.15) is 12.4 Å². The van der Waals surface area contributed by atoms with Gasteiger partial charge in [0.25, 0.3) is 0 Å². The number of hydrogen-bond acceptors (Lipinski definition) is 4. The van der Waals surface area contributed by atoms with Gasteiger partial charge in [0.15, 0.2) is 0 Å². The maximum absolute atomic E-state index is 12.7. The first-order valence-corrected chi connectivity index (χ1v) is 10.0. The Kier molecular flexibility index (Phi) is 8.28. The maximum Gasteiger partial charge on any atom is 1.00 e. The molecular formula is C26H27KO4. The number of esters is 1. The van der Waals surface area contributed by atoms with E-state index in [1.807, 2.05) is 63.2 Å². The predicted molar refractivity (Wildman–Crippen MR) is 117 cm³/mol. The van der Waals surface area contributed by atoms with Crippen LogP contribution in [0.3, 0.4) is 0 Å². The van der Waals surface area contributed by atoms with Crippen LogP contribution in [0.2, 0.25) is 0 Å². The average Bonchev–Trinajstić information content (AvgIpc) is 2.70. The molecule has 0 heterocycles. The van der Waals surface area contributed by atoms with Crippen molar-refractivity contribution in [2.75, 3.05) is 6.61 Å². The van der Waals surface area contributed by atoms with Crippen molar-refractivity contribution in [1.29, 1.82) is 0 Å². The van der Waals surface area contributed by atoms with Crippen molar-refractivity contribution in [3.63, 3.8) is 0 Å². The van der Waals surface area contributed by atoms with Crippen molar-refractivity contribution >= 4 is 22.5 Å². The fourth-order valence-electron chi connectivity index (χ4n) is 3.76. The van der Waals surface area contributed by atoms with Crippen LogP contribution in [0.4, 0.5) is 0 Å². The molecule has 5 heteroatoms.